The summed E-state index contributed by atoms with van der Waals surface area (Å²) in [6, 6.07) is 1.34. The summed E-state index contributed by atoms with van der Waals surface area (Å²) in [6.45, 7) is 2.07. The Morgan fingerprint density at radius 3 is 2.94 bits per heavy atom. The monoisotopic (exact) mass is 267 g/mol. The molecule has 0 aliphatic carbocycles. The first kappa shape index (κ1) is 12.4. The molecule has 0 aliphatic heterocycles. The van der Waals surface area contributed by atoms with Crippen molar-refractivity contribution in [2.75, 3.05) is 5.32 Å². The van der Waals surface area contributed by atoms with Gasteiger partial charge >= 0.3 is 5.97 Å². The quantitative estimate of drug-likeness (QED) is 0.884. The zero-order valence-corrected chi connectivity index (χ0v) is 10.2. The van der Waals surface area contributed by atoms with Crippen LogP contribution < -0.4 is 5.32 Å². The van der Waals surface area contributed by atoms with Crippen LogP contribution in [0.5, 0.6) is 0 Å². The van der Waals surface area contributed by atoms with Crippen LogP contribution in [-0.4, -0.2) is 21.0 Å². The van der Waals surface area contributed by atoms with Gasteiger partial charge in [-0.3, -0.25) is 0 Å². The summed E-state index contributed by atoms with van der Waals surface area (Å²) in [4.78, 5) is 18.8. The molecule has 0 fully saturated rings. The highest BCUT2D eigenvalue weighted by atomic mass is 35.5. The highest BCUT2D eigenvalue weighted by Gasteiger charge is 2.13. The lowest BCUT2D eigenvalue weighted by Gasteiger charge is -2.06. The van der Waals surface area contributed by atoms with Crippen LogP contribution in [0.2, 0.25) is 5.02 Å². The third-order valence-corrected chi connectivity index (χ3v) is 2.58. The molecule has 2 aromatic rings. The molecular formula is C11H10ClN3O3. The Balaban J connectivity index is 2.14. The Hall–Kier alpha value is -2.08. The maximum atomic E-state index is 10.9. The maximum Gasteiger partial charge on any atom is 0.337 e. The predicted octanol–water partition coefficient (Wildman–Crippen LogP) is 2.34. The number of carboxylic acids is 1. The smallest absolute Gasteiger partial charge is 0.337 e. The van der Waals surface area contributed by atoms with Crippen molar-refractivity contribution in [3.8, 4) is 0 Å². The molecule has 0 spiro atoms. The maximum absolute atomic E-state index is 10.9. The van der Waals surface area contributed by atoms with E-state index in [9.17, 15) is 4.79 Å². The van der Waals surface area contributed by atoms with Crippen molar-refractivity contribution in [1.82, 2.24) is 9.97 Å². The summed E-state index contributed by atoms with van der Waals surface area (Å²) in [5.74, 6) is 0.362. The van der Waals surface area contributed by atoms with Crippen LogP contribution in [0.3, 0.4) is 0 Å². The van der Waals surface area contributed by atoms with Crippen molar-refractivity contribution in [2.45, 2.75) is 13.5 Å². The van der Waals surface area contributed by atoms with Gasteiger partial charge in [0.15, 0.2) is 0 Å². The number of hydrogen-bond acceptors (Lipinski definition) is 5. The molecule has 2 aromatic heterocycles. The molecule has 94 valence electrons. The molecule has 2 heterocycles. The summed E-state index contributed by atoms with van der Waals surface area (Å²) in [5, 5.41) is 11.8. The van der Waals surface area contributed by atoms with E-state index in [4.69, 9.17) is 21.1 Å². The van der Waals surface area contributed by atoms with Crippen molar-refractivity contribution in [1.29, 1.82) is 0 Å². The van der Waals surface area contributed by atoms with Gasteiger partial charge in [-0.05, 0) is 13.0 Å². The predicted molar refractivity (Wildman–Crippen MR) is 64.8 cm³/mol. The average molecular weight is 268 g/mol. The first-order chi connectivity index (χ1) is 8.58. The number of pyridine rings is 1. The summed E-state index contributed by atoms with van der Waals surface area (Å²) in [7, 11) is 0. The normalized spacial score (nSPS) is 10.3. The lowest BCUT2D eigenvalue weighted by molar-refractivity contribution is 0.0697. The summed E-state index contributed by atoms with van der Waals surface area (Å²) >= 11 is 5.92. The second kappa shape index (κ2) is 5.05. The minimum Gasteiger partial charge on any atom is -0.478 e. The Morgan fingerprint density at radius 2 is 2.33 bits per heavy atom. The fourth-order valence-corrected chi connectivity index (χ4v) is 1.63. The molecule has 0 unspecified atom stereocenters. The van der Waals surface area contributed by atoms with Crippen LogP contribution in [0.1, 0.15) is 22.0 Å². The van der Waals surface area contributed by atoms with E-state index in [2.05, 4.69) is 15.3 Å². The van der Waals surface area contributed by atoms with Gasteiger partial charge in [0.05, 0.1) is 23.3 Å². The molecule has 2 rings (SSSR count). The minimum atomic E-state index is -1.10. The summed E-state index contributed by atoms with van der Waals surface area (Å²) < 4.78 is 5.26. The number of nitrogens with zero attached hydrogens (tertiary/aromatic N) is 2. The molecule has 0 amide bonds. The Kier molecular flexibility index (Phi) is 3.47. The SMILES string of the molecule is Cc1cnc(CNc2nccc(C(=O)O)c2Cl)o1. The van der Waals surface area contributed by atoms with E-state index in [1.807, 2.05) is 0 Å². The second-order valence-electron chi connectivity index (χ2n) is 3.54. The van der Waals surface area contributed by atoms with Gasteiger partial charge in [0, 0.05) is 6.20 Å². The van der Waals surface area contributed by atoms with Gasteiger partial charge in [0.1, 0.15) is 11.6 Å². The number of halogens is 1. The second-order valence-corrected chi connectivity index (χ2v) is 3.92. The van der Waals surface area contributed by atoms with Crippen molar-refractivity contribution in [3.63, 3.8) is 0 Å². The van der Waals surface area contributed by atoms with Crippen molar-refractivity contribution in [2.24, 2.45) is 0 Å². The van der Waals surface area contributed by atoms with E-state index in [1.54, 1.807) is 13.1 Å². The molecule has 0 saturated carbocycles. The number of rotatable bonds is 4. The molecule has 7 heteroatoms. The third-order valence-electron chi connectivity index (χ3n) is 2.20. The summed E-state index contributed by atoms with van der Waals surface area (Å²) in [5.41, 5.74) is -0.00208. The van der Waals surface area contributed by atoms with Gasteiger partial charge in [-0.15, -0.1) is 0 Å². The number of aromatic carboxylic acids is 1. The third kappa shape index (κ3) is 2.60. The van der Waals surface area contributed by atoms with Crippen LogP contribution in [-0.2, 0) is 6.54 Å². The largest absolute Gasteiger partial charge is 0.478 e. The molecule has 0 bridgehead atoms. The number of carboxylic acid groups (broad SMARTS) is 1. The van der Waals surface area contributed by atoms with Gasteiger partial charge in [-0.1, -0.05) is 11.6 Å². The standard InChI is InChI=1S/C11H10ClN3O3/c1-6-4-14-8(18-6)5-15-10-9(12)7(11(16)17)2-3-13-10/h2-4H,5H2,1H3,(H,13,15)(H,16,17). The molecule has 0 aromatic carbocycles. The Morgan fingerprint density at radius 1 is 1.56 bits per heavy atom. The van der Waals surface area contributed by atoms with Crippen LogP contribution in [0.15, 0.2) is 22.9 Å². The number of oxazole rings is 1. The molecule has 2 N–H and O–H groups in total. The van der Waals surface area contributed by atoms with E-state index < -0.39 is 5.97 Å². The minimum absolute atomic E-state index is 0.00208. The number of aromatic nitrogens is 2. The summed E-state index contributed by atoms with van der Waals surface area (Å²) in [6.07, 6.45) is 2.97. The molecule has 0 radical (unpaired) electrons. The number of anilines is 1. The molecule has 18 heavy (non-hydrogen) atoms. The average Bonchev–Trinajstić information content (AvgIpc) is 2.73. The lowest BCUT2D eigenvalue weighted by atomic mass is 10.2. The van der Waals surface area contributed by atoms with Crippen LogP contribution in [0, 0.1) is 6.92 Å². The fourth-order valence-electron chi connectivity index (χ4n) is 1.37. The highest BCUT2D eigenvalue weighted by Crippen LogP contribution is 2.23. The van der Waals surface area contributed by atoms with E-state index >= 15 is 0 Å². The molecular weight excluding hydrogens is 258 g/mol. The van der Waals surface area contributed by atoms with Crippen LogP contribution in [0.4, 0.5) is 5.82 Å². The van der Waals surface area contributed by atoms with Crippen molar-refractivity contribution < 1.29 is 14.3 Å². The van der Waals surface area contributed by atoms with Crippen molar-refractivity contribution >= 4 is 23.4 Å². The molecule has 0 atom stereocenters. The van der Waals surface area contributed by atoms with E-state index in [0.717, 1.165) is 0 Å². The van der Waals surface area contributed by atoms with Crippen LogP contribution >= 0.6 is 11.6 Å². The first-order valence-corrected chi connectivity index (χ1v) is 5.48. The van der Waals surface area contributed by atoms with Gasteiger partial charge in [-0.2, -0.15) is 0 Å². The number of hydrogen-bond donors (Lipinski definition) is 2. The van der Waals surface area contributed by atoms with Crippen LogP contribution in [0.25, 0.3) is 0 Å². The van der Waals surface area contributed by atoms with E-state index in [0.29, 0.717) is 11.7 Å². The zero-order valence-electron chi connectivity index (χ0n) is 9.48. The number of nitrogens with one attached hydrogen (secondary N) is 1. The molecule has 6 nitrogen and oxygen atoms in total. The van der Waals surface area contributed by atoms with E-state index in [1.165, 1.54) is 12.3 Å². The van der Waals surface area contributed by atoms with Gasteiger partial charge in [0.25, 0.3) is 0 Å². The molecule has 0 saturated heterocycles. The van der Waals surface area contributed by atoms with Gasteiger partial charge in [-0.25, -0.2) is 14.8 Å². The highest BCUT2D eigenvalue weighted by molar-refractivity contribution is 6.35. The molecule has 0 aliphatic rings. The number of aryl methyl sites for hydroxylation is 1. The van der Waals surface area contributed by atoms with E-state index in [-0.39, 0.29) is 22.9 Å². The topological polar surface area (TPSA) is 88.2 Å². The number of carbonyl (C=O) groups is 1. The Bertz CT molecular complexity index is 583. The fraction of sp³-hybridized carbons (Fsp3) is 0.182. The lowest BCUT2D eigenvalue weighted by Crippen LogP contribution is -2.05. The zero-order chi connectivity index (χ0) is 13.1. The first-order valence-electron chi connectivity index (χ1n) is 5.11. The van der Waals surface area contributed by atoms with Gasteiger partial charge < -0.3 is 14.8 Å². The van der Waals surface area contributed by atoms with Gasteiger partial charge in [0.2, 0.25) is 5.89 Å². The Labute approximate surface area is 108 Å². The van der Waals surface area contributed by atoms with Crippen molar-refractivity contribution in [3.05, 3.63) is 40.7 Å².